The van der Waals surface area contributed by atoms with E-state index in [1.165, 1.54) is 40.5 Å². The summed E-state index contributed by atoms with van der Waals surface area (Å²) in [5.74, 6) is 0.951. The minimum atomic E-state index is -0.524. The van der Waals surface area contributed by atoms with Crippen LogP contribution in [0.5, 0.6) is 5.75 Å². The van der Waals surface area contributed by atoms with E-state index in [0.29, 0.717) is 5.75 Å². The lowest BCUT2D eigenvalue weighted by molar-refractivity contribution is 0.214. The highest BCUT2D eigenvalue weighted by Crippen LogP contribution is 2.49. The van der Waals surface area contributed by atoms with Crippen LogP contribution in [0.15, 0.2) is 95.8 Å². The Kier molecular flexibility index (Phi) is 5.30. The fourth-order valence-corrected chi connectivity index (χ4v) is 5.49. The Bertz CT molecular complexity index is 1210. The first kappa shape index (κ1) is 20.6. The third-order valence-electron chi connectivity index (χ3n) is 6.97. The number of carbonyl (C=O) groups excluding carboxylic acids is 1. The highest BCUT2D eigenvalue weighted by molar-refractivity contribution is 5.88. The lowest BCUT2D eigenvalue weighted by atomic mass is 9.76. The summed E-state index contributed by atoms with van der Waals surface area (Å²) in [4.78, 5) is 15.2. The predicted molar refractivity (Wildman–Crippen MR) is 133 cm³/mol. The van der Waals surface area contributed by atoms with Gasteiger partial charge in [0, 0.05) is 42.4 Å². The molecule has 5 heteroatoms. The summed E-state index contributed by atoms with van der Waals surface area (Å²) in [6.45, 7) is 2.08. The first-order chi connectivity index (χ1) is 16.8. The van der Waals surface area contributed by atoms with Crippen molar-refractivity contribution in [2.75, 3.05) is 23.3 Å². The molecule has 5 nitrogen and oxygen atoms in total. The minimum Gasteiger partial charge on any atom is -0.469 e. The summed E-state index contributed by atoms with van der Waals surface area (Å²) >= 11 is 0. The van der Waals surface area contributed by atoms with E-state index in [1.807, 2.05) is 0 Å². The number of hydrogen-bond acceptors (Lipinski definition) is 4. The topological polar surface area (TPSA) is 54.7 Å². The van der Waals surface area contributed by atoms with E-state index in [0.717, 1.165) is 31.6 Å². The standard InChI is InChI=1S/C29H26N2O3/c32-29(34-23-13-16-33-19-23)30-22-17-26-24(20-7-3-1-4-8-20)11-14-31-15-12-25(27(18-22)28(26)31)21-9-5-2-6-10-21/h1-10,13,16-19,24-25H,11-12,14-15H2,(H,30,32). The van der Waals surface area contributed by atoms with E-state index < -0.39 is 6.09 Å². The molecule has 3 heterocycles. The molecule has 1 amide bonds. The molecular weight excluding hydrogens is 424 g/mol. The van der Waals surface area contributed by atoms with Gasteiger partial charge in [-0.1, -0.05) is 60.7 Å². The Hall–Kier alpha value is -3.99. The van der Waals surface area contributed by atoms with Crippen LogP contribution in [0.1, 0.15) is 46.9 Å². The van der Waals surface area contributed by atoms with Gasteiger partial charge in [0.1, 0.15) is 6.26 Å². The van der Waals surface area contributed by atoms with Crippen LogP contribution in [0, 0.1) is 0 Å². The number of benzene rings is 3. The average Bonchev–Trinajstić information content (AvgIpc) is 3.38. The van der Waals surface area contributed by atoms with Gasteiger partial charge in [0.25, 0.3) is 0 Å². The van der Waals surface area contributed by atoms with Crippen LogP contribution >= 0.6 is 0 Å². The zero-order chi connectivity index (χ0) is 22.9. The van der Waals surface area contributed by atoms with Crippen molar-refractivity contribution >= 4 is 17.5 Å². The highest BCUT2D eigenvalue weighted by Gasteiger charge is 2.35. The SMILES string of the molecule is O=C(Nc1cc2c3c(c1)C(c1ccccc1)CCN3CCC2c1ccccc1)Oc1ccoc1. The predicted octanol–water partition coefficient (Wildman–Crippen LogP) is 6.77. The first-order valence-electron chi connectivity index (χ1n) is 11.8. The second kappa shape index (κ2) is 8.75. The summed E-state index contributed by atoms with van der Waals surface area (Å²) in [5, 5.41) is 2.97. The van der Waals surface area contributed by atoms with Crippen LogP contribution in [0.2, 0.25) is 0 Å². The van der Waals surface area contributed by atoms with Crippen LogP contribution in [0.25, 0.3) is 0 Å². The molecule has 0 fully saturated rings. The van der Waals surface area contributed by atoms with Crippen LogP contribution in [0.4, 0.5) is 16.2 Å². The Morgan fingerprint density at radius 2 is 1.44 bits per heavy atom. The number of nitrogens with zero attached hydrogens (tertiary/aromatic N) is 1. The third-order valence-corrected chi connectivity index (χ3v) is 6.97. The Morgan fingerprint density at radius 3 is 1.97 bits per heavy atom. The maximum atomic E-state index is 12.6. The summed E-state index contributed by atoms with van der Waals surface area (Å²) < 4.78 is 10.4. The van der Waals surface area contributed by atoms with Gasteiger partial charge in [-0.25, -0.2) is 4.79 Å². The highest BCUT2D eigenvalue weighted by atomic mass is 16.6. The summed E-state index contributed by atoms with van der Waals surface area (Å²) in [6.07, 6.45) is 4.47. The number of anilines is 2. The van der Waals surface area contributed by atoms with Gasteiger partial charge in [0.05, 0.1) is 6.26 Å². The van der Waals surface area contributed by atoms with Gasteiger partial charge in [0.15, 0.2) is 5.75 Å². The van der Waals surface area contributed by atoms with Crippen molar-refractivity contribution in [3.8, 4) is 5.75 Å². The molecule has 0 spiro atoms. The molecule has 2 aliphatic rings. The molecule has 2 aliphatic heterocycles. The van der Waals surface area contributed by atoms with Gasteiger partial charge in [-0.3, -0.25) is 5.32 Å². The van der Waals surface area contributed by atoms with Gasteiger partial charge in [-0.05, 0) is 47.2 Å². The van der Waals surface area contributed by atoms with Gasteiger partial charge >= 0.3 is 6.09 Å². The summed E-state index contributed by atoms with van der Waals surface area (Å²) in [5.41, 5.74) is 7.25. The Balaban J connectivity index is 1.44. The first-order valence-corrected chi connectivity index (χ1v) is 11.8. The molecule has 170 valence electrons. The zero-order valence-electron chi connectivity index (χ0n) is 18.8. The van der Waals surface area contributed by atoms with E-state index in [9.17, 15) is 4.79 Å². The number of carbonyl (C=O) groups is 1. The molecule has 3 aromatic carbocycles. The van der Waals surface area contributed by atoms with Crippen LogP contribution in [0.3, 0.4) is 0 Å². The van der Waals surface area contributed by atoms with Crippen LogP contribution < -0.4 is 15.0 Å². The van der Waals surface area contributed by atoms with E-state index in [-0.39, 0.29) is 11.8 Å². The van der Waals surface area contributed by atoms with Crippen molar-refractivity contribution in [2.45, 2.75) is 24.7 Å². The lowest BCUT2D eigenvalue weighted by Crippen LogP contribution is -2.37. The Labute approximate surface area is 199 Å². The smallest absolute Gasteiger partial charge is 0.417 e. The quantitative estimate of drug-likeness (QED) is 0.373. The van der Waals surface area contributed by atoms with E-state index in [4.69, 9.17) is 9.15 Å². The van der Waals surface area contributed by atoms with Crippen molar-refractivity contribution in [1.29, 1.82) is 0 Å². The third kappa shape index (κ3) is 3.83. The zero-order valence-corrected chi connectivity index (χ0v) is 18.8. The molecule has 2 unspecified atom stereocenters. The molecule has 0 saturated carbocycles. The molecule has 0 radical (unpaired) electrons. The largest absolute Gasteiger partial charge is 0.469 e. The number of hydrogen-bond donors (Lipinski definition) is 1. The van der Waals surface area contributed by atoms with Crippen LogP contribution in [-0.4, -0.2) is 19.2 Å². The van der Waals surface area contributed by atoms with E-state index in [1.54, 1.807) is 6.07 Å². The van der Waals surface area contributed by atoms with Crippen molar-refractivity contribution in [2.24, 2.45) is 0 Å². The number of nitrogens with one attached hydrogen (secondary N) is 1. The normalized spacial score (nSPS) is 18.8. The number of amides is 1. The van der Waals surface area contributed by atoms with Crippen LogP contribution in [-0.2, 0) is 0 Å². The van der Waals surface area contributed by atoms with Crippen molar-refractivity contribution < 1.29 is 13.9 Å². The monoisotopic (exact) mass is 450 g/mol. The average molecular weight is 451 g/mol. The molecule has 0 saturated heterocycles. The minimum absolute atomic E-state index is 0.285. The van der Waals surface area contributed by atoms with Gasteiger partial charge in [0.2, 0.25) is 0 Å². The van der Waals surface area contributed by atoms with Crippen molar-refractivity contribution in [1.82, 2.24) is 0 Å². The lowest BCUT2D eigenvalue weighted by Gasteiger charge is -2.43. The fourth-order valence-electron chi connectivity index (χ4n) is 5.49. The number of rotatable bonds is 4. The second-order valence-electron chi connectivity index (χ2n) is 8.97. The maximum Gasteiger partial charge on any atom is 0.417 e. The molecule has 1 N–H and O–H groups in total. The fraction of sp³-hybridized carbons (Fsp3) is 0.207. The number of ether oxygens (including phenoxy) is 1. The van der Waals surface area contributed by atoms with Gasteiger partial charge < -0.3 is 14.1 Å². The molecule has 0 aliphatic carbocycles. The van der Waals surface area contributed by atoms with E-state index in [2.05, 4.69) is 83.0 Å². The molecule has 6 rings (SSSR count). The van der Waals surface area contributed by atoms with Gasteiger partial charge in [-0.15, -0.1) is 0 Å². The summed E-state index contributed by atoms with van der Waals surface area (Å²) in [7, 11) is 0. The second-order valence-corrected chi connectivity index (χ2v) is 8.97. The Morgan fingerprint density at radius 1 is 0.853 bits per heavy atom. The van der Waals surface area contributed by atoms with Gasteiger partial charge in [-0.2, -0.15) is 0 Å². The molecule has 4 aromatic rings. The van der Waals surface area contributed by atoms with E-state index >= 15 is 0 Å². The number of furan rings is 1. The van der Waals surface area contributed by atoms with Crippen molar-refractivity contribution in [3.63, 3.8) is 0 Å². The molecular formula is C29H26N2O3. The maximum absolute atomic E-state index is 12.6. The molecule has 1 aromatic heterocycles. The summed E-state index contributed by atoms with van der Waals surface area (Å²) in [6, 6.07) is 27.2. The van der Waals surface area contributed by atoms with Crippen molar-refractivity contribution in [3.05, 3.63) is 114 Å². The molecule has 0 bridgehead atoms. The molecule has 2 atom stereocenters. The molecule has 34 heavy (non-hydrogen) atoms.